The lowest BCUT2D eigenvalue weighted by Gasteiger charge is -2.25. The molecule has 2 N–H and O–H groups in total. The van der Waals surface area contributed by atoms with Crippen LogP contribution in [0.5, 0.6) is 0 Å². The van der Waals surface area contributed by atoms with Crippen LogP contribution in [0.2, 0.25) is 0 Å². The molecule has 0 saturated carbocycles. The first-order chi connectivity index (χ1) is 10.7. The van der Waals surface area contributed by atoms with Gasteiger partial charge in [0.15, 0.2) is 0 Å². The number of amides is 2. The van der Waals surface area contributed by atoms with E-state index in [2.05, 4.69) is 10.6 Å². The maximum absolute atomic E-state index is 12.7. The van der Waals surface area contributed by atoms with Gasteiger partial charge < -0.3 is 10.6 Å². The number of hydrogen-bond donors (Lipinski definition) is 2. The summed E-state index contributed by atoms with van der Waals surface area (Å²) in [4.78, 5) is 24.4. The predicted octanol–water partition coefficient (Wildman–Crippen LogP) is 3.42. The molecule has 0 unspecified atom stereocenters. The van der Waals surface area contributed by atoms with E-state index in [0.29, 0.717) is 4.90 Å². The van der Waals surface area contributed by atoms with Gasteiger partial charge in [-0.1, -0.05) is 6.92 Å². The molecule has 1 aromatic rings. The van der Waals surface area contributed by atoms with Gasteiger partial charge in [-0.3, -0.25) is 9.59 Å². The highest BCUT2D eigenvalue weighted by atomic mass is 32.2. The minimum Gasteiger partial charge on any atom is -0.354 e. The van der Waals surface area contributed by atoms with Crippen molar-refractivity contribution in [1.82, 2.24) is 5.32 Å². The molecule has 0 spiro atoms. The van der Waals surface area contributed by atoms with Crippen molar-refractivity contribution in [2.24, 2.45) is 0 Å². The standard InChI is InChI=1S/C15H17F3N2O2S/c1-3-8(2)19-13(21)7-12-14(22)20-10-6-9(15(16,17)18)4-5-11(10)23-12/h4-6,8,12H,3,7H2,1-2H3,(H,19,21)(H,20,22)/t8-,12+/m1/s1. The van der Waals surface area contributed by atoms with Gasteiger partial charge in [0, 0.05) is 17.4 Å². The molecule has 4 nitrogen and oxygen atoms in total. The summed E-state index contributed by atoms with van der Waals surface area (Å²) >= 11 is 1.11. The number of anilines is 1. The Morgan fingerprint density at radius 3 is 2.74 bits per heavy atom. The number of benzene rings is 1. The molecule has 1 aromatic carbocycles. The number of hydrogen-bond acceptors (Lipinski definition) is 3. The molecule has 0 radical (unpaired) electrons. The Labute approximate surface area is 136 Å². The summed E-state index contributed by atoms with van der Waals surface area (Å²) in [6.45, 7) is 3.79. The Hall–Kier alpha value is -1.70. The lowest BCUT2D eigenvalue weighted by atomic mass is 10.1. The van der Waals surface area contributed by atoms with Gasteiger partial charge in [-0.05, 0) is 31.5 Å². The van der Waals surface area contributed by atoms with E-state index in [1.807, 2.05) is 13.8 Å². The molecule has 1 heterocycles. The second-order valence-corrected chi connectivity index (χ2v) is 6.63. The molecule has 1 aliphatic rings. The van der Waals surface area contributed by atoms with Crippen molar-refractivity contribution in [1.29, 1.82) is 0 Å². The van der Waals surface area contributed by atoms with Crippen LogP contribution in [0.25, 0.3) is 0 Å². The Morgan fingerprint density at radius 1 is 1.43 bits per heavy atom. The average molecular weight is 346 g/mol. The van der Waals surface area contributed by atoms with E-state index in [1.54, 1.807) is 0 Å². The number of carbonyl (C=O) groups excluding carboxylic acids is 2. The van der Waals surface area contributed by atoms with Crippen molar-refractivity contribution in [3.8, 4) is 0 Å². The van der Waals surface area contributed by atoms with E-state index in [-0.39, 0.29) is 24.1 Å². The van der Waals surface area contributed by atoms with E-state index in [9.17, 15) is 22.8 Å². The molecule has 2 atom stereocenters. The summed E-state index contributed by atoms with van der Waals surface area (Å²) in [5.41, 5.74) is -0.682. The van der Waals surface area contributed by atoms with E-state index in [0.717, 1.165) is 30.3 Å². The number of carbonyl (C=O) groups is 2. The normalized spacial score (nSPS) is 18.8. The third-order valence-corrected chi connectivity index (χ3v) is 4.79. The maximum Gasteiger partial charge on any atom is 0.416 e. The number of rotatable bonds is 4. The predicted molar refractivity (Wildman–Crippen MR) is 82.2 cm³/mol. The fourth-order valence-electron chi connectivity index (χ4n) is 2.07. The van der Waals surface area contributed by atoms with Crippen LogP contribution in [-0.4, -0.2) is 23.1 Å². The Morgan fingerprint density at radius 2 is 2.13 bits per heavy atom. The van der Waals surface area contributed by atoms with Crippen LogP contribution in [0.15, 0.2) is 23.1 Å². The largest absolute Gasteiger partial charge is 0.416 e. The zero-order chi connectivity index (χ0) is 17.2. The summed E-state index contributed by atoms with van der Waals surface area (Å²) in [5.74, 6) is -0.705. The smallest absolute Gasteiger partial charge is 0.354 e. The van der Waals surface area contributed by atoms with Crippen LogP contribution in [0.3, 0.4) is 0 Å². The first-order valence-corrected chi connectivity index (χ1v) is 8.06. The fraction of sp³-hybridized carbons (Fsp3) is 0.467. The van der Waals surface area contributed by atoms with E-state index >= 15 is 0 Å². The van der Waals surface area contributed by atoms with Crippen molar-refractivity contribution >= 4 is 29.3 Å². The summed E-state index contributed by atoms with van der Waals surface area (Å²) in [6.07, 6.45) is -3.70. The molecule has 1 aliphatic heterocycles. The van der Waals surface area contributed by atoms with Gasteiger partial charge in [0.25, 0.3) is 0 Å². The van der Waals surface area contributed by atoms with Gasteiger partial charge in [-0.15, -0.1) is 11.8 Å². The molecule has 2 amide bonds. The van der Waals surface area contributed by atoms with Gasteiger partial charge in [0.2, 0.25) is 11.8 Å². The van der Waals surface area contributed by atoms with E-state index in [1.165, 1.54) is 6.07 Å². The maximum atomic E-state index is 12.7. The van der Waals surface area contributed by atoms with Crippen LogP contribution >= 0.6 is 11.8 Å². The number of halogens is 3. The monoisotopic (exact) mass is 346 g/mol. The molecule has 0 aliphatic carbocycles. The highest BCUT2D eigenvalue weighted by molar-refractivity contribution is 8.01. The van der Waals surface area contributed by atoms with Crippen LogP contribution in [0.4, 0.5) is 18.9 Å². The SMILES string of the molecule is CC[C@@H](C)NC(=O)C[C@@H]1Sc2ccc(C(F)(F)F)cc2NC1=O. The first-order valence-electron chi connectivity index (χ1n) is 7.18. The third kappa shape index (κ3) is 4.40. The van der Waals surface area contributed by atoms with Crippen molar-refractivity contribution in [2.45, 2.75) is 49.1 Å². The summed E-state index contributed by atoms with van der Waals surface area (Å²) < 4.78 is 38.1. The number of thioether (sulfide) groups is 1. The Kier molecular flexibility index (Phi) is 5.23. The molecule has 0 bridgehead atoms. The van der Waals surface area contributed by atoms with Crippen molar-refractivity contribution < 1.29 is 22.8 Å². The molecular formula is C15H17F3N2O2S. The summed E-state index contributed by atoms with van der Waals surface area (Å²) in [7, 11) is 0. The molecule has 126 valence electrons. The second-order valence-electron chi connectivity index (χ2n) is 5.39. The van der Waals surface area contributed by atoms with Crippen LogP contribution < -0.4 is 10.6 Å². The third-order valence-electron chi connectivity index (χ3n) is 3.52. The number of alkyl halides is 3. The number of fused-ring (bicyclic) bond motifs is 1. The fourth-order valence-corrected chi connectivity index (χ4v) is 3.16. The zero-order valence-corrected chi connectivity index (χ0v) is 13.5. The summed E-state index contributed by atoms with van der Waals surface area (Å²) in [5, 5.41) is 4.57. The van der Waals surface area contributed by atoms with Crippen LogP contribution in [-0.2, 0) is 15.8 Å². The van der Waals surface area contributed by atoms with Gasteiger partial charge >= 0.3 is 6.18 Å². The van der Waals surface area contributed by atoms with Crippen molar-refractivity contribution in [2.75, 3.05) is 5.32 Å². The van der Waals surface area contributed by atoms with Gasteiger partial charge in [0.1, 0.15) is 0 Å². The molecule has 8 heteroatoms. The minimum absolute atomic E-state index is 0.0126. The molecule has 23 heavy (non-hydrogen) atoms. The Bertz CT molecular complexity index is 619. The van der Waals surface area contributed by atoms with E-state index in [4.69, 9.17) is 0 Å². The van der Waals surface area contributed by atoms with Gasteiger partial charge in [0.05, 0.1) is 16.5 Å². The molecular weight excluding hydrogens is 329 g/mol. The van der Waals surface area contributed by atoms with Crippen molar-refractivity contribution in [3.05, 3.63) is 23.8 Å². The highest BCUT2D eigenvalue weighted by Gasteiger charge is 2.34. The Balaban J connectivity index is 2.09. The first kappa shape index (κ1) is 17.7. The number of nitrogens with one attached hydrogen (secondary N) is 2. The highest BCUT2D eigenvalue weighted by Crippen LogP contribution is 2.40. The average Bonchev–Trinajstić information content (AvgIpc) is 2.46. The quantitative estimate of drug-likeness (QED) is 0.878. The summed E-state index contributed by atoms with van der Waals surface area (Å²) in [6, 6.07) is 3.22. The molecule has 0 saturated heterocycles. The zero-order valence-electron chi connectivity index (χ0n) is 12.7. The lowest BCUT2D eigenvalue weighted by molar-refractivity contribution is -0.137. The van der Waals surface area contributed by atoms with Gasteiger partial charge in [-0.25, -0.2) is 0 Å². The molecule has 0 aromatic heterocycles. The topological polar surface area (TPSA) is 58.2 Å². The van der Waals surface area contributed by atoms with Crippen LogP contribution in [0, 0.1) is 0 Å². The lowest BCUT2D eigenvalue weighted by Crippen LogP contribution is -2.38. The van der Waals surface area contributed by atoms with Crippen LogP contribution in [0.1, 0.15) is 32.3 Å². The van der Waals surface area contributed by atoms with Gasteiger partial charge in [-0.2, -0.15) is 13.2 Å². The molecule has 2 rings (SSSR count). The van der Waals surface area contributed by atoms with E-state index < -0.39 is 22.9 Å². The second kappa shape index (κ2) is 6.82. The van der Waals surface area contributed by atoms with Crippen molar-refractivity contribution in [3.63, 3.8) is 0 Å². The minimum atomic E-state index is -4.46. The molecule has 0 fully saturated rings.